The first-order valence-corrected chi connectivity index (χ1v) is 6.86. The molecule has 21 heavy (non-hydrogen) atoms. The molecule has 2 N–H and O–H groups in total. The number of rotatable bonds is 2. The van der Waals surface area contributed by atoms with Crippen LogP contribution >= 0.6 is 11.8 Å². The molecule has 0 saturated heterocycles. The highest BCUT2D eigenvalue weighted by Crippen LogP contribution is 2.37. The molecule has 0 spiro atoms. The van der Waals surface area contributed by atoms with Crippen molar-refractivity contribution in [1.82, 2.24) is 15.2 Å². The second kappa shape index (κ2) is 5.06. The summed E-state index contributed by atoms with van der Waals surface area (Å²) in [5.41, 5.74) is 1.05. The fourth-order valence-corrected chi connectivity index (χ4v) is 3.16. The number of carbonyl (C=O) groups is 1. The molecule has 0 saturated carbocycles. The van der Waals surface area contributed by atoms with Gasteiger partial charge in [-0.3, -0.25) is 15.2 Å². The Morgan fingerprint density at radius 1 is 1.38 bits per heavy atom. The van der Waals surface area contributed by atoms with E-state index >= 15 is 0 Å². The number of nitrogens with zero attached hydrogens (tertiary/aromatic N) is 2. The second-order valence-corrected chi connectivity index (χ2v) is 5.66. The highest BCUT2D eigenvalue weighted by atomic mass is 32.2. The summed E-state index contributed by atoms with van der Waals surface area (Å²) in [6, 6.07) is 7.58. The molecule has 0 bridgehead atoms. The van der Waals surface area contributed by atoms with Gasteiger partial charge in [-0.2, -0.15) is 18.2 Å². The number of halogens is 3. The molecule has 1 aliphatic heterocycles. The van der Waals surface area contributed by atoms with Crippen LogP contribution in [0.15, 0.2) is 29.2 Å². The molecule has 1 aromatic heterocycles. The molecule has 1 amide bonds. The van der Waals surface area contributed by atoms with Crippen LogP contribution in [0.5, 0.6) is 0 Å². The van der Waals surface area contributed by atoms with E-state index in [1.807, 2.05) is 24.3 Å². The molecule has 5 nitrogen and oxygen atoms in total. The average molecular weight is 314 g/mol. The van der Waals surface area contributed by atoms with Gasteiger partial charge in [0.1, 0.15) is 0 Å². The summed E-state index contributed by atoms with van der Waals surface area (Å²) < 4.78 is 37.1. The van der Waals surface area contributed by atoms with Crippen LogP contribution in [0.25, 0.3) is 0 Å². The minimum atomic E-state index is -4.62. The van der Waals surface area contributed by atoms with Gasteiger partial charge < -0.3 is 0 Å². The van der Waals surface area contributed by atoms with Crippen LogP contribution < -0.4 is 5.32 Å². The van der Waals surface area contributed by atoms with Crippen LogP contribution in [0.2, 0.25) is 0 Å². The van der Waals surface area contributed by atoms with Gasteiger partial charge in [-0.05, 0) is 18.1 Å². The number of hydrogen-bond donors (Lipinski definition) is 2. The van der Waals surface area contributed by atoms with Gasteiger partial charge in [0.2, 0.25) is 17.7 Å². The molecule has 1 unspecified atom stereocenters. The first kappa shape index (κ1) is 13.9. The lowest BCUT2D eigenvalue weighted by atomic mass is 10.1. The molecule has 2 aromatic rings. The van der Waals surface area contributed by atoms with Gasteiger partial charge in [-0.25, -0.2) is 0 Å². The lowest BCUT2D eigenvalue weighted by molar-refractivity contribution is -0.144. The first-order valence-electron chi connectivity index (χ1n) is 5.98. The molecule has 110 valence electrons. The van der Waals surface area contributed by atoms with E-state index in [1.54, 1.807) is 5.10 Å². The maximum Gasteiger partial charge on any atom is 0.451 e. The van der Waals surface area contributed by atoms with Crippen LogP contribution in [0.4, 0.5) is 19.1 Å². The van der Waals surface area contributed by atoms with E-state index in [1.165, 1.54) is 11.8 Å². The number of alkyl halides is 3. The van der Waals surface area contributed by atoms with Gasteiger partial charge in [0.25, 0.3) is 0 Å². The zero-order valence-electron chi connectivity index (χ0n) is 10.4. The number of nitrogens with one attached hydrogen (secondary N) is 2. The topological polar surface area (TPSA) is 70.7 Å². The lowest BCUT2D eigenvalue weighted by Gasteiger charge is -2.06. The van der Waals surface area contributed by atoms with Crippen molar-refractivity contribution in [2.45, 2.75) is 22.7 Å². The van der Waals surface area contributed by atoms with Gasteiger partial charge in [-0.15, -0.1) is 16.9 Å². The van der Waals surface area contributed by atoms with E-state index in [2.05, 4.69) is 15.4 Å². The third kappa shape index (κ3) is 2.87. The fourth-order valence-electron chi connectivity index (χ4n) is 1.96. The number of carbonyl (C=O) groups excluding carboxylic acids is 1. The third-order valence-corrected chi connectivity index (χ3v) is 4.25. The van der Waals surface area contributed by atoms with Gasteiger partial charge in [0.05, 0.1) is 5.25 Å². The summed E-state index contributed by atoms with van der Waals surface area (Å²) in [5.74, 6) is -2.02. The van der Waals surface area contributed by atoms with Gasteiger partial charge in [-0.1, -0.05) is 18.2 Å². The largest absolute Gasteiger partial charge is 0.451 e. The Bertz CT molecular complexity index is 660. The smallest absolute Gasteiger partial charge is 0.292 e. The van der Waals surface area contributed by atoms with Gasteiger partial charge in [0.15, 0.2) is 0 Å². The Hall–Kier alpha value is -2.03. The van der Waals surface area contributed by atoms with Crippen molar-refractivity contribution in [3.05, 3.63) is 35.7 Å². The zero-order valence-corrected chi connectivity index (χ0v) is 11.3. The predicted octanol–water partition coefficient (Wildman–Crippen LogP) is 2.48. The molecular weight excluding hydrogens is 305 g/mol. The lowest BCUT2D eigenvalue weighted by Crippen LogP contribution is -2.25. The summed E-state index contributed by atoms with van der Waals surface area (Å²) in [5, 5.41) is 7.00. The Morgan fingerprint density at radius 3 is 2.81 bits per heavy atom. The maximum atomic E-state index is 12.4. The SMILES string of the molecule is O=C(Nc1n[nH]c(C(F)(F)F)n1)C1Cc2ccccc2S1. The number of aromatic nitrogens is 3. The fraction of sp³-hybridized carbons (Fsp3) is 0.250. The summed E-state index contributed by atoms with van der Waals surface area (Å²) >= 11 is 1.38. The molecule has 1 atom stereocenters. The van der Waals surface area contributed by atoms with E-state index in [-0.39, 0.29) is 5.95 Å². The van der Waals surface area contributed by atoms with Crippen LogP contribution in [0.1, 0.15) is 11.4 Å². The van der Waals surface area contributed by atoms with Crippen molar-refractivity contribution in [3.8, 4) is 0 Å². The van der Waals surface area contributed by atoms with Crippen molar-refractivity contribution in [3.63, 3.8) is 0 Å². The van der Waals surface area contributed by atoms with Gasteiger partial charge >= 0.3 is 6.18 Å². The number of benzene rings is 1. The first-order chi connectivity index (χ1) is 9.93. The highest BCUT2D eigenvalue weighted by molar-refractivity contribution is 8.01. The van der Waals surface area contributed by atoms with E-state index in [9.17, 15) is 18.0 Å². The Labute approximate surface area is 121 Å². The van der Waals surface area contributed by atoms with Gasteiger partial charge in [0, 0.05) is 4.90 Å². The summed E-state index contributed by atoms with van der Waals surface area (Å²) in [7, 11) is 0. The van der Waals surface area contributed by atoms with E-state index < -0.39 is 23.2 Å². The number of aromatic amines is 1. The molecule has 0 fully saturated rings. The maximum absolute atomic E-state index is 12.4. The van der Waals surface area contributed by atoms with Crippen molar-refractivity contribution < 1.29 is 18.0 Å². The molecule has 9 heteroatoms. The molecule has 3 rings (SSSR count). The standard InChI is InChI=1S/C12H9F3N4OS/c13-12(14,15)10-17-11(19-18-10)16-9(20)8-5-6-3-1-2-4-7(6)21-8/h1-4,8H,5H2,(H2,16,17,18,19,20). The van der Waals surface area contributed by atoms with Crippen molar-refractivity contribution in [2.24, 2.45) is 0 Å². The van der Waals surface area contributed by atoms with E-state index in [0.29, 0.717) is 6.42 Å². The Balaban J connectivity index is 1.67. The number of hydrogen-bond acceptors (Lipinski definition) is 4. The predicted molar refractivity (Wildman–Crippen MR) is 69.8 cm³/mol. The molecule has 1 aromatic carbocycles. The summed E-state index contributed by atoms with van der Waals surface area (Å²) in [6.45, 7) is 0. The van der Waals surface area contributed by atoms with Crippen molar-refractivity contribution in [1.29, 1.82) is 0 Å². The molecule has 2 heterocycles. The third-order valence-electron chi connectivity index (χ3n) is 2.93. The number of fused-ring (bicyclic) bond motifs is 1. The number of anilines is 1. The van der Waals surface area contributed by atoms with E-state index in [0.717, 1.165) is 10.5 Å². The summed E-state index contributed by atoms with van der Waals surface area (Å²) in [6.07, 6.45) is -4.09. The monoisotopic (exact) mass is 314 g/mol. The Kier molecular flexibility index (Phi) is 3.36. The second-order valence-electron chi connectivity index (χ2n) is 4.41. The molecule has 0 aliphatic carbocycles. The number of H-pyrrole nitrogens is 1. The van der Waals surface area contributed by atoms with Crippen LogP contribution in [-0.4, -0.2) is 26.3 Å². The normalized spacial score (nSPS) is 17.6. The van der Waals surface area contributed by atoms with Crippen LogP contribution in [0, 0.1) is 0 Å². The quantitative estimate of drug-likeness (QED) is 0.893. The van der Waals surface area contributed by atoms with E-state index in [4.69, 9.17) is 0 Å². The molecular formula is C12H9F3N4OS. The van der Waals surface area contributed by atoms with Crippen molar-refractivity contribution in [2.75, 3.05) is 5.32 Å². The minimum absolute atomic E-state index is 0.371. The number of amides is 1. The average Bonchev–Trinajstić information content (AvgIpc) is 3.03. The minimum Gasteiger partial charge on any atom is -0.292 e. The zero-order chi connectivity index (χ0) is 15.0. The Morgan fingerprint density at radius 2 is 2.14 bits per heavy atom. The number of thioether (sulfide) groups is 1. The highest BCUT2D eigenvalue weighted by Gasteiger charge is 2.36. The van der Waals surface area contributed by atoms with Crippen molar-refractivity contribution >= 4 is 23.6 Å². The van der Waals surface area contributed by atoms with Crippen LogP contribution in [-0.2, 0) is 17.4 Å². The molecule has 1 aliphatic rings. The molecule has 0 radical (unpaired) electrons. The van der Waals surface area contributed by atoms with Crippen LogP contribution in [0.3, 0.4) is 0 Å². The summed E-state index contributed by atoms with van der Waals surface area (Å²) in [4.78, 5) is 16.2.